The van der Waals surface area contributed by atoms with E-state index in [1.54, 1.807) is 30.3 Å². The predicted octanol–water partition coefficient (Wildman–Crippen LogP) is 5.15. The minimum Gasteiger partial charge on any atom is -0.493 e. The monoisotopic (exact) mass is 397 g/mol. The first-order valence-electron chi connectivity index (χ1n) is 7.21. The van der Waals surface area contributed by atoms with Crippen molar-refractivity contribution in [2.24, 2.45) is 0 Å². The van der Waals surface area contributed by atoms with Crippen LogP contribution in [0.3, 0.4) is 0 Å². The van der Waals surface area contributed by atoms with E-state index < -0.39 is 0 Å². The third kappa shape index (κ3) is 4.39. The van der Waals surface area contributed by atoms with E-state index in [-0.39, 0.29) is 5.91 Å². The Morgan fingerprint density at radius 1 is 1.17 bits per heavy atom. The number of halogens is 2. The normalized spacial score (nSPS) is 10.3. The van der Waals surface area contributed by atoms with Crippen LogP contribution in [0, 0.1) is 0 Å². The molecule has 0 radical (unpaired) electrons. The van der Waals surface area contributed by atoms with Gasteiger partial charge in [-0.3, -0.25) is 4.79 Å². The number of hydrogen-bond donors (Lipinski definition) is 1. The summed E-state index contributed by atoms with van der Waals surface area (Å²) in [6.45, 7) is 4.70. The number of amides is 1. The van der Waals surface area contributed by atoms with Gasteiger partial charge in [0.2, 0.25) is 0 Å². The van der Waals surface area contributed by atoms with Crippen LogP contribution < -0.4 is 14.8 Å². The number of nitrogens with one attached hydrogen (secondary N) is 1. The lowest BCUT2D eigenvalue weighted by molar-refractivity contribution is 0.102. The molecule has 1 N–H and O–H groups in total. The van der Waals surface area contributed by atoms with Gasteiger partial charge in [0.1, 0.15) is 5.75 Å². The summed E-state index contributed by atoms with van der Waals surface area (Å²) in [5, 5.41) is 3.33. The molecule has 122 valence electrons. The Hall–Kier alpha value is -1.72. The Labute approximate surface area is 148 Å². The van der Waals surface area contributed by atoms with E-state index in [0.717, 1.165) is 0 Å². The predicted molar refractivity (Wildman–Crippen MR) is 95.9 cm³/mol. The molecule has 0 unspecified atom stereocenters. The van der Waals surface area contributed by atoms with Crippen LogP contribution >= 0.6 is 27.5 Å². The van der Waals surface area contributed by atoms with Gasteiger partial charge in [0, 0.05) is 5.02 Å². The van der Waals surface area contributed by atoms with Gasteiger partial charge in [-0.1, -0.05) is 23.7 Å². The summed E-state index contributed by atoms with van der Waals surface area (Å²) in [5.41, 5.74) is 0.954. The number of carbonyl (C=O) groups excluding carboxylic acids is 1. The Kier molecular flexibility index (Phi) is 6.30. The summed E-state index contributed by atoms with van der Waals surface area (Å²) in [6.07, 6.45) is 0. The van der Waals surface area contributed by atoms with E-state index in [0.29, 0.717) is 45.5 Å². The molecule has 0 atom stereocenters. The molecule has 0 fully saturated rings. The van der Waals surface area contributed by atoms with E-state index in [4.69, 9.17) is 21.1 Å². The minimum atomic E-state index is -0.288. The van der Waals surface area contributed by atoms with Crippen molar-refractivity contribution in [2.45, 2.75) is 13.8 Å². The first-order chi connectivity index (χ1) is 11.1. The molecule has 0 aliphatic carbocycles. The molecule has 23 heavy (non-hydrogen) atoms. The highest BCUT2D eigenvalue weighted by Crippen LogP contribution is 2.37. The minimum absolute atomic E-state index is 0.288. The van der Waals surface area contributed by atoms with Crippen LogP contribution in [0.1, 0.15) is 24.2 Å². The van der Waals surface area contributed by atoms with Gasteiger partial charge >= 0.3 is 0 Å². The summed E-state index contributed by atoms with van der Waals surface area (Å²) in [5.74, 6) is 0.787. The Morgan fingerprint density at radius 3 is 2.57 bits per heavy atom. The molecular formula is C17H17BrClNO3. The smallest absolute Gasteiger partial charge is 0.259 e. The summed E-state index contributed by atoms with van der Waals surface area (Å²) < 4.78 is 11.8. The van der Waals surface area contributed by atoms with E-state index in [9.17, 15) is 4.79 Å². The SMILES string of the molecule is CCOc1ccccc1C(=O)Nc1cc(Cl)cc(Br)c1OCC. The van der Waals surface area contributed by atoms with Crippen LogP contribution in [-0.4, -0.2) is 19.1 Å². The Bertz CT molecular complexity index is 706. The maximum atomic E-state index is 12.6. The first-order valence-corrected chi connectivity index (χ1v) is 8.38. The number of rotatable bonds is 6. The van der Waals surface area contributed by atoms with Crippen LogP contribution in [0.15, 0.2) is 40.9 Å². The highest BCUT2D eigenvalue weighted by molar-refractivity contribution is 9.10. The van der Waals surface area contributed by atoms with Gasteiger partial charge < -0.3 is 14.8 Å². The van der Waals surface area contributed by atoms with Crippen molar-refractivity contribution in [3.05, 3.63) is 51.5 Å². The van der Waals surface area contributed by atoms with Crippen LogP contribution in [0.4, 0.5) is 5.69 Å². The fourth-order valence-corrected chi connectivity index (χ4v) is 2.99. The van der Waals surface area contributed by atoms with Gasteiger partial charge in [-0.2, -0.15) is 0 Å². The average molecular weight is 399 g/mol. The number of carbonyl (C=O) groups is 1. The molecule has 2 aromatic rings. The number of hydrogen-bond acceptors (Lipinski definition) is 3. The van der Waals surface area contributed by atoms with Crippen molar-refractivity contribution in [3.8, 4) is 11.5 Å². The van der Waals surface area contributed by atoms with Crippen molar-refractivity contribution in [2.75, 3.05) is 18.5 Å². The summed E-state index contributed by atoms with van der Waals surface area (Å²) >= 11 is 9.47. The van der Waals surface area contributed by atoms with Crippen LogP contribution in [-0.2, 0) is 0 Å². The fourth-order valence-electron chi connectivity index (χ4n) is 2.07. The van der Waals surface area contributed by atoms with E-state index >= 15 is 0 Å². The molecule has 0 aliphatic heterocycles. The van der Waals surface area contributed by atoms with Gasteiger partial charge in [-0.05, 0) is 54.0 Å². The molecular weight excluding hydrogens is 382 g/mol. The standard InChI is InChI=1S/C17H17BrClNO3/c1-3-22-15-8-6-5-7-12(15)17(21)20-14-10-11(19)9-13(18)16(14)23-4-2/h5-10H,3-4H2,1-2H3,(H,20,21). The summed E-state index contributed by atoms with van der Waals surface area (Å²) in [6, 6.07) is 10.4. The van der Waals surface area contributed by atoms with E-state index in [2.05, 4.69) is 21.2 Å². The van der Waals surface area contributed by atoms with Crippen molar-refractivity contribution in [1.29, 1.82) is 0 Å². The van der Waals surface area contributed by atoms with Gasteiger partial charge in [0.05, 0.1) is 28.9 Å². The van der Waals surface area contributed by atoms with Crippen LogP contribution in [0.5, 0.6) is 11.5 Å². The van der Waals surface area contributed by atoms with Gasteiger partial charge in [-0.15, -0.1) is 0 Å². The van der Waals surface area contributed by atoms with Crippen LogP contribution in [0.2, 0.25) is 5.02 Å². The lowest BCUT2D eigenvalue weighted by atomic mass is 10.1. The van der Waals surface area contributed by atoms with E-state index in [1.165, 1.54) is 0 Å². The lowest BCUT2D eigenvalue weighted by Gasteiger charge is -2.15. The second kappa shape index (κ2) is 8.22. The zero-order valence-corrected chi connectivity index (χ0v) is 15.2. The number of para-hydroxylation sites is 1. The molecule has 6 heteroatoms. The Balaban J connectivity index is 2.34. The summed E-state index contributed by atoms with van der Waals surface area (Å²) in [4.78, 5) is 12.6. The van der Waals surface area contributed by atoms with Gasteiger partial charge in [0.15, 0.2) is 5.75 Å². The number of anilines is 1. The van der Waals surface area contributed by atoms with Crippen molar-refractivity contribution in [3.63, 3.8) is 0 Å². The highest BCUT2D eigenvalue weighted by atomic mass is 79.9. The number of ether oxygens (including phenoxy) is 2. The van der Waals surface area contributed by atoms with Gasteiger partial charge in [0.25, 0.3) is 5.91 Å². The van der Waals surface area contributed by atoms with Crippen molar-refractivity contribution >= 4 is 39.1 Å². The second-order valence-electron chi connectivity index (χ2n) is 4.58. The van der Waals surface area contributed by atoms with Crippen molar-refractivity contribution in [1.82, 2.24) is 0 Å². The molecule has 0 spiro atoms. The molecule has 1 amide bonds. The van der Waals surface area contributed by atoms with Crippen molar-refractivity contribution < 1.29 is 14.3 Å². The maximum Gasteiger partial charge on any atom is 0.259 e. The molecule has 2 aromatic carbocycles. The molecule has 0 heterocycles. The third-order valence-electron chi connectivity index (χ3n) is 2.98. The zero-order chi connectivity index (χ0) is 16.8. The second-order valence-corrected chi connectivity index (χ2v) is 5.87. The largest absolute Gasteiger partial charge is 0.493 e. The quantitative estimate of drug-likeness (QED) is 0.732. The van der Waals surface area contributed by atoms with E-state index in [1.807, 2.05) is 19.9 Å². The topological polar surface area (TPSA) is 47.6 Å². The molecule has 2 rings (SSSR count). The summed E-state index contributed by atoms with van der Waals surface area (Å²) in [7, 11) is 0. The third-order valence-corrected chi connectivity index (χ3v) is 3.78. The lowest BCUT2D eigenvalue weighted by Crippen LogP contribution is -2.14. The molecule has 0 aliphatic rings. The highest BCUT2D eigenvalue weighted by Gasteiger charge is 2.16. The van der Waals surface area contributed by atoms with Gasteiger partial charge in [-0.25, -0.2) is 0 Å². The molecule has 0 saturated carbocycles. The fraction of sp³-hybridized carbons (Fsp3) is 0.235. The number of benzene rings is 2. The zero-order valence-electron chi connectivity index (χ0n) is 12.9. The van der Waals surface area contributed by atoms with Crippen LogP contribution in [0.25, 0.3) is 0 Å². The molecule has 0 saturated heterocycles. The average Bonchev–Trinajstić information content (AvgIpc) is 2.51. The maximum absolute atomic E-state index is 12.6. The molecule has 0 bridgehead atoms. The Morgan fingerprint density at radius 2 is 1.87 bits per heavy atom. The first kappa shape index (κ1) is 17.6. The molecule has 4 nitrogen and oxygen atoms in total. The molecule has 0 aromatic heterocycles.